The van der Waals surface area contributed by atoms with Crippen LogP contribution in [0.5, 0.6) is 0 Å². The molecule has 1 aromatic carbocycles. The van der Waals surface area contributed by atoms with Crippen molar-refractivity contribution in [1.82, 2.24) is 10.3 Å². The average molecular weight is 196 g/mol. The van der Waals surface area contributed by atoms with Gasteiger partial charge in [0, 0.05) is 23.3 Å². The molecule has 1 N–H and O–H groups in total. The number of nitrogens with one attached hydrogen (secondary N) is 1. The van der Waals surface area contributed by atoms with E-state index in [0.29, 0.717) is 6.54 Å². The Hall–Kier alpha value is -1.85. The molecule has 0 aliphatic heterocycles. The Kier molecular flexibility index (Phi) is 2.96. The van der Waals surface area contributed by atoms with Gasteiger partial charge in [0.2, 0.25) is 0 Å². The Bertz CT molecular complexity index is 515. The molecule has 2 aromatic rings. The summed E-state index contributed by atoms with van der Waals surface area (Å²) in [4.78, 5) is 4.12. The Labute approximate surface area is 89.3 Å². The van der Waals surface area contributed by atoms with E-state index in [0.717, 1.165) is 10.9 Å². The van der Waals surface area contributed by atoms with Gasteiger partial charge >= 0.3 is 0 Å². The van der Waals surface area contributed by atoms with E-state index in [4.69, 9.17) is 0 Å². The lowest BCUT2D eigenvalue weighted by Gasteiger charge is -1.98. The smallest absolute Gasteiger partial charge is 0.0577 e. The van der Waals surface area contributed by atoms with Crippen LogP contribution in [0.15, 0.2) is 36.7 Å². The van der Waals surface area contributed by atoms with Crippen molar-refractivity contribution in [3.05, 3.63) is 42.2 Å². The molecule has 0 fully saturated rings. The third-order valence-corrected chi connectivity index (χ3v) is 2.17. The maximum absolute atomic E-state index is 4.12. The first-order chi connectivity index (χ1) is 7.42. The number of rotatable bonds is 1. The van der Waals surface area contributed by atoms with Gasteiger partial charge in [-0.1, -0.05) is 24.0 Å². The van der Waals surface area contributed by atoms with Crippen LogP contribution in [0.4, 0.5) is 0 Å². The Morgan fingerprint density at radius 3 is 3.13 bits per heavy atom. The van der Waals surface area contributed by atoms with Gasteiger partial charge in [-0.05, 0) is 24.6 Å². The van der Waals surface area contributed by atoms with Gasteiger partial charge in [0.25, 0.3) is 0 Å². The van der Waals surface area contributed by atoms with Gasteiger partial charge in [0.05, 0.1) is 6.54 Å². The van der Waals surface area contributed by atoms with Crippen LogP contribution in [0.25, 0.3) is 10.8 Å². The number of hydrogen-bond acceptors (Lipinski definition) is 2. The van der Waals surface area contributed by atoms with Gasteiger partial charge in [-0.3, -0.25) is 4.98 Å². The van der Waals surface area contributed by atoms with Crippen LogP contribution in [-0.2, 0) is 0 Å². The number of nitrogens with zero attached hydrogens (tertiary/aromatic N) is 1. The molecule has 0 amide bonds. The van der Waals surface area contributed by atoms with Crippen LogP contribution >= 0.6 is 0 Å². The lowest BCUT2D eigenvalue weighted by Crippen LogP contribution is -2.04. The minimum absolute atomic E-state index is 0.705. The zero-order valence-corrected chi connectivity index (χ0v) is 8.62. The normalized spacial score (nSPS) is 9.67. The lowest BCUT2D eigenvalue weighted by atomic mass is 10.1. The molecule has 0 saturated heterocycles. The highest BCUT2D eigenvalue weighted by atomic mass is 14.8. The lowest BCUT2D eigenvalue weighted by molar-refractivity contribution is 0.938. The third-order valence-electron chi connectivity index (χ3n) is 2.17. The molecule has 2 rings (SSSR count). The summed E-state index contributed by atoms with van der Waals surface area (Å²) in [5, 5.41) is 5.29. The molecular weight excluding hydrogens is 184 g/mol. The monoisotopic (exact) mass is 196 g/mol. The quantitative estimate of drug-likeness (QED) is 0.703. The molecule has 0 saturated carbocycles. The molecule has 0 radical (unpaired) electrons. The van der Waals surface area contributed by atoms with Gasteiger partial charge in [0.15, 0.2) is 0 Å². The second kappa shape index (κ2) is 4.59. The second-order valence-electron chi connectivity index (χ2n) is 3.23. The van der Waals surface area contributed by atoms with Crippen LogP contribution in [0.2, 0.25) is 0 Å². The zero-order valence-electron chi connectivity index (χ0n) is 8.62. The largest absolute Gasteiger partial charge is 0.309 e. The van der Waals surface area contributed by atoms with E-state index in [-0.39, 0.29) is 0 Å². The molecule has 0 unspecified atom stereocenters. The summed E-state index contributed by atoms with van der Waals surface area (Å²) in [7, 11) is 1.89. The molecular formula is C13H12N2. The Balaban J connectivity index is 2.48. The number of aromatic nitrogens is 1. The van der Waals surface area contributed by atoms with E-state index >= 15 is 0 Å². The molecule has 15 heavy (non-hydrogen) atoms. The fraction of sp³-hybridized carbons (Fsp3) is 0.154. The van der Waals surface area contributed by atoms with Crippen molar-refractivity contribution in [2.45, 2.75) is 0 Å². The minimum atomic E-state index is 0.705. The number of pyridine rings is 1. The second-order valence-corrected chi connectivity index (χ2v) is 3.23. The van der Waals surface area contributed by atoms with Gasteiger partial charge in [0.1, 0.15) is 0 Å². The first-order valence-electron chi connectivity index (χ1n) is 4.88. The highest BCUT2D eigenvalue weighted by Gasteiger charge is 1.96. The summed E-state index contributed by atoms with van der Waals surface area (Å²) in [6.07, 6.45) is 3.66. The van der Waals surface area contributed by atoms with E-state index < -0.39 is 0 Å². The number of hydrogen-bond donors (Lipinski definition) is 1. The molecule has 0 bridgehead atoms. The van der Waals surface area contributed by atoms with Crippen molar-refractivity contribution in [2.75, 3.05) is 13.6 Å². The van der Waals surface area contributed by atoms with Crippen LogP contribution in [0, 0.1) is 11.8 Å². The molecule has 2 heteroatoms. The summed E-state index contributed by atoms with van der Waals surface area (Å²) in [6, 6.07) is 8.11. The van der Waals surface area contributed by atoms with E-state index in [1.165, 1.54) is 5.39 Å². The molecule has 0 aliphatic rings. The fourth-order valence-corrected chi connectivity index (χ4v) is 1.45. The minimum Gasteiger partial charge on any atom is -0.309 e. The highest BCUT2D eigenvalue weighted by molar-refractivity contribution is 5.87. The van der Waals surface area contributed by atoms with Gasteiger partial charge < -0.3 is 5.32 Å². The molecule has 74 valence electrons. The van der Waals surface area contributed by atoms with Crippen LogP contribution in [0.3, 0.4) is 0 Å². The van der Waals surface area contributed by atoms with Crippen molar-refractivity contribution < 1.29 is 0 Å². The van der Waals surface area contributed by atoms with Gasteiger partial charge in [-0.2, -0.15) is 0 Å². The summed E-state index contributed by atoms with van der Waals surface area (Å²) >= 11 is 0. The van der Waals surface area contributed by atoms with Gasteiger partial charge in [-0.15, -0.1) is 0 Å². The predicted molar refractivity (Wildman–Crippen MR) is 62.5 cm³/mol. The van der Waals surface area contributed by atoms with Crippen molar-refractivity contribution in [1.29, 1.82) is 0 Å². The Morgan fingerprint density at radius 2 is 2.27 bits per heavy atom. The first-order valence-corrected chi connectivity index (χ1v) is 4.88. The maximum atomic E-state index is 4.12. The number of fused-ring (bicyclic) bond motifs is 1. The molecule has 0 aliphatic carbocycles. The third kappa shape index (κ3) is 2.15. The fourth-order valence-electron chi connectivity index (χ4n) is 1.45. The maximum Gasteiger partial charge on any atom is 0.0577 e. The van der Waals surface area contributed by atoms with Crippen LogP contribution in [0.1, 0.15) is 5.56 Å². The van der Waals surface area contributed by atoms with E-state index in [1.54, 1.807) is 6.20 Å². The average Bonchev–Trinajstić information content (AvgIpc) is 2.30. The molecule has 0 atom stereocenters. The summed E-state index contributed by atoms with van der Waals surface area (Å²) < 4.78 is 0. The summed E-state index contributed by atoms with van der Waals surface area (Å²) in [5.41, 5.74) is 1.04. The predicted octanol–water partition coefficient (Wildman–Crippen LogP) is 1.81. The highest BCUT2D eigenvalue weighted by Crippen LogP contribution is 2.15. The van der Waals surface area contributed by atoms with E-state index in [1.807, 2.05) is 31.4 Å². The Morgan fingerprint density at radius 1 is 1.33 bits per heavy atom. The van der Waals surface area contributed by atoms with E-state index in [2.05, 4.69) is 28.2 Å². The standard InChI is InChI=1S/C13H12N2/c1-14-8-3-6-11-4-2-5-12-7-9-15-10-13(11)12/h2,4-5,7,9-10,14H,8H2,1H3. The SMILES string of the molecule is CNCC#Cc1cccc2ccncc12. The summed E-state index contributed by atoms with van der Waals surface area (Å²) in [6.45, 7) is 0.705. The van der Waals surface area contributed by atoms with Crippen molar-refractivity contribution in [3.8, 4) is 11.8 Å². The molecule has 1 aromatic heterocycles. The number of benzene rings is 1. The summed E-state index contributed by atoms with van der Waals surface area (Å²) in [5.74, 6) is 6.19. The first kappa shape index (κ1) is 9.70. The topological polar surface area (TPSA) is 24.9 Å². The van der Waals surface area contributed by atoms with Crippen LogP contribution < -0.4 is 5.32 Å². The van der Waals surface area contributed by atoms with E-state index in [9.17, 15) is 0 Å². The van der Waals surface area contributed by atoms with Crippen molar-refractivity contribution in [2.24, 2.45) is 0 Å². The zero-order chi connectivity index (χ0) is 10.5. The van der Waals surface area contributed by atoms with Crippen molar-refractivity contribution in [3.63, 3.8) is 0 Å². The molecule has 2 nitrogen and oxygen atoms in total. The van der Waals surface area contributed by atoms with Crippen LogP contribution in [-0.4, -0.2) is 18.6 Å². The molecule has 0 spiro atoms. The van der Waals surface area contributed by atoms with Gasteiger partial charge in [-0.25, -0.2) is 0 Å². The molecule has 1 heterocycles. The van der Waals surface area contributed by atoms with Crippen molar-refractivity contribution >= 4 is 10.8 Å².